The van der Waals surface area contributed by atoms with Gasteiger partial charge in [-0.15, -0.1) is 0 Å². The van der Waals surface area contributed by atoms with Crippen LogP contribution in [0.5, 0.6) is 11.5 Å². The Morgan fingerprint density at radius 3 is 2.53 bits per heavy atom. The van der Waals surface area contributed by atoms with Crippen LogP contribution >= 0.6 is 0 Å². The largest absolute Gasteiger partial charge is 0.497 e. The van der Waals surface area contributed by atoms with Crippen molar-refractivity contribution >= 4 is 6.29 Å². The zero-order valence-electron chi connectivity index (χ0n) is 12.0. The van der Waals surface area contributed by atoms with Crippen LogP contribution in [0.4, 0.5) is 0 Å². The van der Waals surface area contributed by atoms with Gasteiger partial charge in [0, 0.05) is 6.07 Å². The number of hydrogen-bond donors (Lipinski definition) is 0. The van der Waals surface area contributed by atoms with E-state index in [-0.39, 0.29) is 0 Å². The Bertz CT molecular complexity index is 374. The van der Waals surface area contributed by atoms with Crippen LogP contribution < -0.4 is 9.47 Å². The highest BCUT2D eigenvalue weighted by atomic mass is 16.5. The zero-order valence-corrected chi connectivity index (χ0v) is 12.0. The summed E-state index contributed by atoms with van der Waals surface area (Å²) < 4.78 is 10.8. The van der Waals surface area contributed by atoms with E-state index in [1.54, 1.807) is 25.3 Å². The first-order chi connectivity index (χ1) is 9.31. The molecule has 0 aliphatic carbocycles. The molecule has 0 amide bonds. The summed E-state index contributed by atoms with van der Waals surface area (Å²) in [5, 5.41) is 0. The van der Waals surface area contributed by atoms with E-state index in [1.165, 1.54) is 32.1 Å². The number of ether oxygens (including phenoxy) is 2. The molecule has 3 nitrogen and oxygen atoms in total. The predicted molar refractivity (Wildman–Crippen MR) is 77.3 cm³/mol. The monoisotopic (exact) mass is 264 g/mol. The molecule has 1 aromatic rings. The number of carbonyl (C=O) groups is 1. The number of hydrogen-bond acceptors (Lipinski definition) is 3. The average molecular weight is 264 g/mol. The molecule has 106 valence electrons. The van der Waals surface area contributed by atoms with Crippen molar-refractivity contribution in [1.82, 2.24) is 0 Å². The summed E-state index contributed by atoms with van der Waals surface area (Å²) in [6.07, 6.45) is 8.16. The van der Waals surface area contributed by atoms with Gasteiger partial charge in [0.25, 0.3) is 0 Å². The van der Waals surface area contributed by atoms with Gasteiger partial charge in [0.1, 0.15) is 11.5 Å². The second kappa shape index (κ2) is 9.42. The molecule has 0 unspecified atom stereocenters. The molecule has 0 radical (unpaired) electrons. The van der Waals surface area contributed by atoms with Crippen molar-refractivity contribution in [2.45, 2.75) is 45.4 Å². The van der Waals surface area contributed by atoms with Gasteiger partial charge in [-0.2, -0.15) is 0 Å². The lowest BCUT2D eigenvalue weighted by molar-refractivity contribution is 0.111. The smallest absolute Gasteiger partial charge is 0.153 e. The first-order valence-electron chi connectivity index (χ1n) is 7.07. The molecule has 0 aromatic heterocycles. The van der Waals surface area contributed by atoms with E-state index < -0.39 is 0 Å². The molecular weight excluding hydrogens is 240 g/mol. The van der Waals surface area contributed by atoms with Crippen LogP contribution in [0.1, 0.15) is 55.8 Å². The lowest BCUT2D eigenvalue weighted by Gasteiger charge is -2.10. The van der Waals surface area contributed by atoms with Crippen molar-refractivity contribution in [2.75, 3.05) is 13.7 Å². The standard InChI is InChI=1S/C16H24O3/c1-3-4-5-6-7-8-11-19-16-12-15(18-2)10-9-14(16)13-17/h9-10,12-13H,3-8,11H2,1-2H3. The van der Waals surface area contributed by atoms with Crippen molar-refractivity contribution in [1.29, 1.82) is 0 Å². The van der Waals surface area contributed by atoms with Gasteiger partial charge in [-0.1, -0.05) is 39.0 Å². The van der Waals surface area contributed by atoms with E-state index in [2.05, 4.69) is 6.92 Å². The van der Waals surface area contributed by atoms with Gasteiger partial charge in [-0.05, 0) is 18.6 Å². The van der Waals surface area contributed by atoms with Gasteiger partial charge < -0.3 is 9.47 Å². The number of rotatable bonds is 10. The molecule has 0 atom stereocenters. The molecule has 0 saturated heterocycles. The Morgan fingerprint density at radius 1 is 1.11 bits per heavy atom. The number of carbonyl (C=O) groups excluding carboxylic acids is 1. The predicted octanol–water partition coefficient (Wildman–Crippen LogP) is 4.25. The SMILES string of the molecule is CCCCCCCCOc1cc(OC)ccc1C=O. The Kier molecular flexibility index (Phi) is 7.71. The summed E-state index contributed by atoms with van der Waals surface area (Å²) in [6.45, 7) is 2.87. The van der Waals surface area contributed by atoms with Crippen molar-refractivity contribution in [2.24, 2.45) is 0 Å². The van der Waals surface area contributed by atoms with Gasteiger partial charge in [-0.25, -0.2) is 0 Å². The molecule has 0 aliphatic rings. The first kappa shape index (κ1) is 15.5. The molecular formula is C16H24O3. The van der Waals surface area contributed by atoms with Gasteiger partial charge in [0.15, 0.2) is 6.29 Å². The Balaban J connectivity index is 2.33. The number of methoxy groups -OCH3 is 1. The molecule has 0 aliphatic heterocycles. The minimum absolute atomic E-state index is 0.576. The fourth-order valence-corrected chi connectivity index (χ4v) is 1.93. The van der Waals surface area contributed by atoms with Crippen LogP contribution in [-0.2, 0) is 0 Å². The second-order valence-electron chi connectivity index (χ2n) is 4.64. The molecule has 19 heavy (non-hydrogen) atoms. The molecule has 0 saturated carbocycles. The fraction of sp³-hybridized carbons (Fsp3) is 0.562. The van der Waals surface area contributed by atoms with Gasteiger partial charge in [-0.3, -0.25) is 4.79 Å². The lowest BCUT2D eigenvalue weighted by atomic mass is 10.1. The number of benzene rings is 1. The molecule has 0 N–H and O–H groups in total. The third-order valence-electron chi connectivity index (χ3n) is 3.10. The molecule has 0 heterocycles. The Hall–Kier alpha value is -1.51. The highest BCUT2D eigenvalue weighted by molar-refractivity contribution is 5.79. The molecule has 3 heteroatoms. The van der Waals surface area contributed by atoms with Crippen molar-refractivity contribution in [3.63, 3.8) is 0 Å². The van der Waals surface area contributed by atoms with E-state index in [4.69, 9.17) is 9.47 Å². The zero-order chi connectivity index (χ0) is 13.9. The van der Waals surface area contributed by atoms with Gasteiger partial charge in [0.05, 0.1) is 19.3 Å². The van der Waals surface area contributed by atoms with E-state index >= 15 is 0 Å². The van der Waals surface area contributed by atoms with Gasteiger partial charge >= 0.3 is 0 Å². The van der Waals surface area contributed by atoms with Crippen LogP contribution in [0, 0.1) is 0 Å². The van der Waals surface area contributed by atoms with Gasteiger partial charge in [0.2, 0.25) is 0 Å². The maximum absolute atomic E-state index is 10.9. The normalized spacial score (nSPS) is 10.2. The highest BCUT2D eigenvalue weighted by Crippen LogP contribution is 2.23. The van der Waals surface area contributed by atoms with Crippen molar-refractivity contribution in [3.05, 3.63) is 23.8 Å². The third kappa shape index (κ3) is 5.77. The van der Waals surface area contributed by atoms with Crippen LogP contribution in [0.3, 0.4) is 0 Å². The third-order valence-corrected chi connectivity index (χ3v) is 3.10. The molecule has 0 bridgehead atoms. The average Bonchev–Trinajstić information content (AvgIpc) is 2.46. The maximum Gasteiger partial charge on any atom is 0.153 e. The molecule has 0 fully saturated rings. The van der Waals surface area contributed by atoms with Crippen molar-refractivity contribution in [3.8, 4) is 11.5 Å². The molecule has 1 aromatic carbocycles. The van der Waals surface area contributed by atoms with E-state index in [9.17, 15) is 4.79 Å². The van der Waals surface area contributed by atoms with E-state index in [0.717, 1.165) is 12.7 Å². The second-order valence-corrected chi connectivity index (χ2v) is 4.64. The van der Waals surface area contributed by atoms with Crippen LogP contribution in [0.25, 0.3) is 0 Å². The summed E-state index contributed by atoms with van der Waals surface area (Å²) in [7, 11) is 1.60. The summed E-state index contributed by atoms with van der Waals surface area (Å²) in [6, 6.07) is 5.25. The fourth-order valence-electron chi connectivity index (χ4n) is 1.93. The topological polar surface area (TPSA) is 35.5 Å². The molecule has 0 spiro atoms. The minimum Gasteiger partial charge on any atom is -0.497 e. The van der Waals surface area contributed by atoms with Crippen LogP contribution in [0.2, 0.25) is 0 Å². The summed E-state index contributed by atoms with van der Waals surface area (Å²) in [5.74, 6) is 1.33. The number of unbranched alkanes of at least 4 members (excludes halogenated alkanes) is 5. The lowest BCUT2D eigenvalue weighted by Crippen LogP contribution is -2.00. The Labute approximate surface area is 115 Å². The van der Waals surface area contributed by atoms with E-state index in [0.29, 0.717) is 23.7 Å². The van der Waals surface area contributed by atoms with Crippen molar-refractivity contribution < 1.29 is 14.3 Å². The quantitative estimate of drug-likeness (QED) is 0.468. The summed E-state index contributed by atoms with van der Waals surface area (Å²) in [5.41, 5.74) is 0.576. The summed E-state index contributed by atoms with van der Waals surface area (Å²) >= 11 is 0. The van der Waals surface area contributed by atoms with E-state index in [1.807, 2.05) is 0 Å². The van der Waals surface area contributed by atoms with Crippen LogP contribution in [-0.4, -0.2) is 20.0 Å². The summed E-state index contributed by atoms with van der Waals surface area (Å²) in [4.78, 5) is 10.9. The highest BCUT2D eigenvalue weighted by Gasteiger charge is 2.04. The first-order valence-corrected chi connectivity index (χ1v) is 7.07. The minimum atomic E-state index is 0.576. The molecule has 1 rings (SSSR count). The maximum atomic E-state index is 10.9. The Morgan fingerprint density at radius 2 is 1.84 bits per heavy atom. The number of aldehydes is 1. The van der Waals surface area contributed by atoms with Crippen LogP contribution in [0.15, 0.2) is 18.2 Å².